The van der Waals surface area contributed by atoms with Crippen molar-refractivity contribution in [1.29, 1.82) is 0 Å². The molecule has 3 heteroatoms. The van der Waals surface area contributed by atoms with Crippen molar-refractivity contribution in [3.05, 3.63) is 24.8 Å². The van der Waals surface area contributed by atoms with Crippen molar-refractivity contribution in [3.63, 3.8) is 0 Å². The van der Waals surface area contributed by atoms with Crippen molar-refractivity contribution in [2.24, 2.45) is 0 Å². The highest BCUT2D eigenvalue weighted by Gasteiger charge is 2.37. The van der Waals surface area contributed by atoms with Crippen LogP contribution in [0.3, 0.4) is 0 Å². The van der Waals surface area contributed by atoms with E-state index < -0.39 is 0 Å². The summed E-state index contributed by atoms with van der Waals surface area (Å²) in [5.74, 6) is 0. The molecule has 0 aromatic carbocycles. The summed E-state index contributed by atoms with van der Waals surface area (Å²) in [5, 5.41) is 0. The second-order valence-electron chi connectivity index (χ2n) is 6.52. The molecular weight excluding hydrogens is 236 g/mol. The zero-order valence-corrected chi connectivity index (χ0v) is 12.9. The van der Waals surface area contributed by atoms with Crippen molar-refractivity contribution >= 4 is 0 Å². The third-order valence-electron chi connectivity index (χ3n) is 4.07. The van der Waals surface area contributed by atoms with Crippen LogP contribution in [0.2, 0.25) is 0 Å². The smallest absolute Gasteiger partial charge is 0.144 e. The first-order valence-electron chi connectivity index (χ1n) is 7.55. The largest absolute Gasteiger partial charge is 0.356 e. The minimum absolute atomic E-state index is 0.107. The van der Waals surface area contributed by atoms with Crippen LogP contribution < -0.4 is 0 Å². The molecule has 1 fully saturated rings. The van der Waals surface area contributed by atoms with Gasteiger partial charge in [-0.1, -0.05) is 6.42 Å². The third-order valence-corrected chi connectivity index (χ3v) is 4.07. The molecule has 0 bridgehead atoms. The van der Waals surface area contributed by atoms with Crippen molar-refractivity contribution in [2.45, 2.75) is 71.1 Å². The van der Waals surface area contributed by atoms with E-state index in [0.29, 0.717) is 0 Å². The molecule has 3 nitrogen and oxygen atoms in total. The molecule has 0 radical (unpaired) electrons. The molecule has 0 aromatic heterocycles. The van der Waals surface area contributed by atoms with E-state index in [2.05, 4.69) is 62.3 Å². The average molecular weight is 264 g/mol. The van der Waals surface area contributed by atoms with Crippen molar-refractivity contribution < 1.29 is 4.74 Å². The quantitative estimate of drug-likeness (QED) is 0.765. The van der Waals surface area contributed by atoms with E-state index in [1.54, 1.807) is 0 Å². The molecular formula is C16H28N2O. The van der Waals surface area contributed by atoms with Crippen molar-refractivity contribution in [3.8, 4) is 0 Å². The van der Waals surface area contributed by atoms with Crippen molar-refractivity contribution in [2.75, 3.05) is 6.61 Å². The van der Waals surface area contributed by atoms with Crippen LogP contribution in [0.25, 0.3) is 0 Å². The lowest BCUT2D eigenvalue weighted by molar-refractivity contribution is -0.139. The van der Waals surface area contributed by atoms with Gasteiger partial charge in [-0.25, -0.2) is 0 Å². The van der Waals surface area contributed by atoms with E-state index in [1.807, 2.05) is 0 Å². The van der Waals surface area contributed by atoms with Crippen LogP contribution in [0, 0.1) is 0 Å². The first kappa shape index (κ1) is 14.4. The van der Waals surface area contributed by atoms with Gasteiger partial charge >= 0.3 is 0 Å². The van der Waals surface area contributed by atoms with Crippen molar-refractivity contribution in [1.82, 2.24) is 9.80 Å². The molecule has 0 atom stereocenters. The fraction of sp³-hybridized carbons (Fsp3) is 0.750. The summed E-state index contributed by atoms with van der Waals surface area (Å²) in [5.41, 5.74) is 0.0222. The first-order valence-corrected chi connectivity index (χ1v) is 7.55. The maximum absolute atomic E-state index is 6.14. The van der Waals surface area contributed by atoms with E-state index in [-0.39, 0.29) is 11.3 Å². The Kier molecular flexibility index (Phi) is 4.24. The second kappa shape index (κ2) is 5.58. The molecule has 1 aliphatic carbocycles. The van der Waals surface area contributed by atoms with Gasteiger partial charge in [0.05, 0.1) is 0 Å². The average Bonchev–Trinajstić information content (AvgIpc) is 2.39. The van der Waals surface area contributed by atoms with Gasteiger partial charge in [-0.15, -0.1) is 0 Å². The summed E-state index contributed by atoms with van der Waals surface area (Å²) in [6.45, 7) is 9.53. The molecule has 19 heavy (non-hydrogen) atoms. The van der Waals surface area contributed by atoms with Crippen LogP contribution in [0.4, 0.5) is 0 Å². The van der Waals surface area contributed by atoms with E-state index in [4.69, 9.17) is 4.74 Å². The number of hydrogen-bond acceptors (Lipinski definition) is 3. The topological polar surface area (TPSA) is 15.7 Å². The predicted octanol–water partition coefficient (Wildman–Crippen LogP) is 4.04. The summed E-state index contributed by atoms with van der Waals surface area (Å²) in [7, 11) is 0. The highest BCUT2D eigenvalue weighted by Crippen LogP contribution is 2.36. The molecule has 1 aliphatic heterocycles. The summed E-state index contributed by atoms with van der Waals surface area (Å²) in [6.07, 6.45) is 14.8. The van der Waals surface area contributed by atoms with Gasteiger partial charge < -0.3 is 14.5 Å². The fourth-order valence-corrected chi connectivity index (χ4v) is 2.96. The maximum atomic E-state index is 6.14. The van der Waals surface area contributed by atoms with Gasteiger partial charge in [-0.2, -0.15) is 0 Å². The van der Waals surface area contributed by atoms with E-state index in [9.17, 15) is 0 Å². The Balaban J connectivity index is 2.11. The molecule has 0 unspecified atom stereocenters. The van der Waals surface area contributed by atoms with E-state index in [1.165, 1.54) is 19.3 Å². The number of ether oxygens (including phenoxy) is 1. The van der Waals surface area contributed by atoms with Crippen LogP contribution in [-0.4, -0.2) is 27.7 Å². The molecule has 1 heterocycles. The van der Waals surface area contributed by atoms with Gasteiger partial charge in [0.25, 0.3) is 0 Å². The normalized spacial score (nSPS) is 22.9. The molecule has 2 aliphatic rings. The van der Waals surface area contributed by atoms with Crippen LogP contribution in [0.5, 0.6) is 0 Å². The van der Waals surface area contributed by atoms with Crippen LogP contribution in [0.15, 0.2) is 24.8 Å². The van der Waals surface area contributed by atoms with E-state index in [0.717, 1.165) is 19.4 Å². The summed E-state index contributed by atoms with van der Waals surface area (Å²) < 4.78 is 6.14. The molecule has 2 rings (SSSR count). The molecule has 0 amide bonds. The number of hydrogen-bond donors (Lipinski definition) is 0. The van der Waals surface area contributed by atoms with Gasteiger partial charge in [0.15, 0.2) is 0 Å². The van der Waals surface area contributed by atoms with Crippen LogP contribution >= 0.6 is 0 Å². The van der Waals surface area contributed by atoms with Gasteiger partial charge in [-0.3, -0.25) is 0 Å². The Morgan fingerprint density at radius 3 is 2.05 bits per heavy atom. The third kappa shape index (κ3) is 3.14. The standard InChI is InChI=1S/C16H28N2O/c1-5-19-16(9-7-6-8-10-16)18-13-11-17(12-14-18)15(2,3)4/h11-14H,5-10H2,1-4H3. The van der Waals surface area contributed by atoms with Gasteiger partial charge in [-0.05, 0) is 53.4 Å². The Hall–Kier alpha value is -0.960. The highest BCUT2D eigenvalue weighted by atomic mass is 16.5. The number of nitrogens with zero attached hydrogens (tertiary/aromatic N) is 2. The van der Waals surface area contributed by atoms with Crippen LogP contribution in [-0.2, 0) is 4.74 Å². The number of rotatable bonds is 3. The predicted molar refractivity (Wildman–Crippen MR) is 79.2 cm³/mol. The molecule has 0 spiro atoms. The Morgan fingerprint density at radius 1 is 1.00 bits per heavy atom. The summed E-state index contributed by atoms with van der Waals surface area (Å²) >= 11 is 0. The Morgan fingerprint density at radius 2 is 1.58 bits per heavy atom. The Bertz CT molecular complexity index is 329. The van der Waals surface area contributed by atoms with Gasteiger partial charge in [0, 0.05) is 36.9 Å². The minimum atomic E-state index is -0.107. The monoisotopic (exact) mass is 264 g/mol. The fourth-order valence-electron chi connectivity index (χ4n) is 2.96. The SMILES string of the molecule is CCOC1(N2C=CN(C(C)(C)C)C=C2)CCCCC1. The van der Waals surface area contributed by atoms with E-state index >= 15 is 0 Å². The minimum Gasteiger partial charge on any atom is -0.356 e. The lowest BCUT2D eigenvalue weighted by Gasteiger charge is -2.46. The lowest BCUT2D eigenvalue weighted by Crippen LogP contribution is -2.49. The van der Waals surface area contributed by atoms with Gasteiger partial charge in [0.2, 0.25) is 0 Å². The first-order chi connectivity index (χ1) is 8.98. The maximum Gasteiger partial charge on any atom is 0.144 e. The molecule has 0 aromatic rings. The Labute approximate surface area is 117 Å². The summed E-state index contributed by atoms with van der Waals surface area (Å²) in [4.78, 5) is 4.52. The second-order valence-corrected chi connectivity index (χ2v) is 6.52. The molecule has 1 saturated carbocycles. The zero-order valence-electron chi connectivity index (χ0n) is 12.9. The molecule has 0 N–H and O–H groups in total. The summed E-state index contributed by atoms with van der Waals surface area (Å²) in [6, 6.07) is 0. The lowest BCUT2D eigenvalue weighted by atomic mass is 9.90. The zero-order chi connectivity index (χ0) is 13.9. The molecule has 108 valence electrons. The molecule has 0 saturated heterocycles. The van der Waals surface area contributed by atoms with Crippen LogP contribution in [0.1, 0.15) is 59.8 Å². The van der Waals surface area contributed by atoms with Gasteiger partial charge in [0.1, 0.15) is 5.72 Å². The highest BCUT2D eigenvalue weighted by molar-refractivity contribution is 5.09.